The van der Waals surface area contributed by atoms with Gasteiger partial charge in [-0.1, -0.05) is 6.92 Å². The number of hydrogen-bond acceptors (Lipinski definition) is 2. The summed E-state index contributed by atoms with van der Waals surface area (Å²) in [7, 11) is 1.59. The number of aromatic amines is 1. The number of aromatic nitrogens is 1. The van der Waals surface area contributed by atoms with Crippen molar-refractivity contribution in [1.82, 2.24) is 4.98 Å². The molecule has 0 unspecified atom stereocenters. The van der Waals surface area contributed by atoms with Crippen molar-refractivity contribution in [2.75, 3.05) is 7.11 Å². The van der Waals surface area contributed by atoms with Crippen LogP contribution in [-0.4, -0.2) is 23.2 Å². The summed E-state index contributed by atoms with van der Waals surface area (Å²) in [5.41, 5.74) is 1.91. The van der Waals surface area contributed by atoms with Crippen molar-refractivity contribution in [2.24, 2.45) is 0 Å². The standard InChI is InChI=1S/C12H13NO3/c1-3-9-11(12(14)15)8-5-4-7(16-2)6-10(8)13-9/h4-6,13H,3H2,1-2H3,(H,14,15). The molecule has 0 aliphatic rings. The first-order valence-electron chi connectivity index (χ1n) is 5.09. The summed E-state index contributed by atoms with van der Waals surface area (Å²) in [6, 6.07) is 5.34. The van der Waals surface area contributed by atoms with Crippen LogP contribution < -0.4 is 4.74 Å². The SMILES string of the molecule is CCc1[nH]c2cc(OC)ccc2c1C(=O)O. The van der Waals surface area contributed by atoms with E-state index in [0.29, 0.717) is 17.7 Å². The third-order valence-corrected chi connectivity index (χ3v) is 2.65. The van der Waals surface area contributed by atoms with Gasteiger partial charge in [0, 0.05) is 17.1 Å². The second-order valence-corrected chi connectivity index (χ2v) is 3.55. The largest absolute Gasteiger partial charge is 0.497 e. The molecule has 0 aliphatic carbocycles. The Balaban J connectivity index is 2.72. The minimum absolute atomic E-state index is 0.361. The molecule has 0 radical (unpaired) electrons. The fourth-order valence-corrected chi connectivity index (χ4v) is 1.87. The van der Waals surface area contributed by atoms with Gasteiger partial charge in [-0.3, -0.25) is 0 Å². The first kappa shape index (κ1) is 10.5. The van der Waals surface area contributed by atoms with Crippen LogP contribution in [0.3, 0.4) is 0 Å². The monoisotopic (exact) mass is 219 g/mol. The number of carboxylic acid groups (broad SMARTS) is 1. The lowest BCUT2D eigenvalue weighted by Gasteiger charge is -1.98. The van der Waals surface area contributed by atoms with Crippen LogP contribution in [-0.2, 0) is 6.42 Å². The third-order valence-electron chi connectivity index (χ3n) is 2.65. The van der Waals surface area contributed by atoms with Gasteiger partial charge in [-0.2, -0.15) is 0 Å². The van der Waals surface area contributed by atoms with Crippen LogP contribution in [0.4, 0.5) is 0 Å². The van der Waals surface area contributed by atoms with Gasteiger partial charge < -0.3 is 14.8 Å². The zero-order valence-corrected chi connectivity index (χ0v) is 9.20. The quantitative estimate of drug-likeness (QED) is 0.833. The van der Waals surface area contributed by atoms with Gasteiger partial charge in [0.25, 0.3) is 0 Å². The maximum atomic E-state index is 11.2. The number of ether oxygens (including phenoxy) is 1. The van der Waals surface area contributed by atoms with Crippen molar-refractivity contribution in [2.45, 2.75) is 13.3 Å². The molecule has 2 aromatic rings. The van der Waals surface area contributed by atoms with Crippen molar-refractivity contribution >= 4 is 16.9 Å². The fourth-order valence-electron chi connectivity index (χ4n) is 1.87. The van der Waals surface area contributed by atoms with E-state index in [1.807, 2.05) is 6.92 Å². The molecule has 0 bridgehead atoms. The van der Waals surface area contributed by atoms with Crippen molar-refractivity contribution in [3.63, 3.8) is 0 Å². The maximum Gasteiger partial charge on any atom is 0.338 e. The highest BCUT2D eigenvalue weighted by Gasteiger charge is 2.16. The molecular formula is C12H13NO3. The summed E-state index contributed by atoms with van der Waals surface area (Å²) in [5, 5.41) is 9.89. The van der Waals surface area contributed by atoms with Gasteiger partial charge >= 0.3 is 5.97 Å². The highest BCUT2D eigenvalue weighted by atomic mass is 16.5. The third kappa shape index (κ3) is 1.52. The lowest BCUT2D eigenvalue weighted by atomic mass is 10.1. The fraction of sp³-hybridized carbons (Fsp3) is 0.250. The summed E-state index contributed by atoms with van der Waals surface area (Å²) in [6.07, 6.45) is 0.665. The maximum absolute atomic E-state index is 11.2. The Hall–Kier alpha value is -1.97. The number of carboxylic acids is 1. The number of benzene rings is 1. The number of methoxy groups -OCH3 is 1. The minimum Gasteiger partial charge on any atom is -0.497 e. The molecule has 2 rings (SSSR count). The van der Waals surface area contributed by atoms with Gasteiger partial charge in [0.15, 0.2) is 0 Å². The predicted octanol–water partition coefficient (Wildman–Crippen LogP) is 2.44. The van der Waals surface area contributed by atoms with E-state index in [2.05, 4.69) is 4.98 Å². The molecule has 2 N–H and O–H groups in total. The number of rotatable bonds is 3. The van der Waals surface area contributed by atoms with Crippen molar-refractivity contribution < 1.29 is 14.6 Å². The molecule has 0 fully saturated rings. The summed E-state index contributed by atoms with van der Waals surface area (Å²) < 4.78 is 5.10. The van der Waals surface area contributed by atoms with Gasteiger partial charge in [0.2, 0.25) is 0 Å². The van der Waals surface area contributed by atoms with E-state index >= 15 is 0 Å². The Morgan fingerprint density at radius 1 is 1.50 bits per heavy atom. The van der Waals surface area contributed by atoms with Gasteiger partial charge in [-0.15, -0.1) is 0 Å². The number of hydrogen-bond donors (Lipinski definition) is 2. The van der Waals surface area contributed by atoms with E-state index < -0.39 is 5.97 Å². The van der Waals surface area contributed by atoms with Crippen LogP contribution >= 0.6 is 0 Å². The normalized spacial score (nSPS) is 10.6. The molecule has 0 atom stereocenters. The van der Waals surface area contributed by atoms with Crippen LogP contribution in [0.2, 0.25) is 0 Å². The van der Waals surface area contributed by atoms with Crippen LogP contribution in [0.1, 0.15) is 23.0 Å². The van der Waals surface area contributed by atoms with Crippen LogP contribution in [0, 0.1) is 0 Å². The number of nitrogens with one attached hydrogen (secondary N) is 1. The van der Waals surface area contributed by atoms with Crippen molar-refractivity contribution in [1.29, 1.82) is 0 Å². The minimum atomic E-state index is -0.895. The Bertz CT molecular complexity index is 542. The lowest BCUT2D eigenvalue weighted by molar-refractivity contribution is 0.0698. The lowest BCUT2D eigenvalue weighted by Crippen LogP contribution is -1.99. The van der Waals surface area contributed by atoms with E-state index in [4.69, 9.17) is 9.84 Å². The summed E-state index contributed by atoms with van der Waals surface area (Å²) >= 11 is 0. The summed E-state index contributed by atoms with van der Waals surface area (Å²) in [6.45, 7) is 1.92. The molecule has 1 aromatic heterocycles. The number of carbonyl (C=O) groups is 1. The van der Waals surface area contributed by atoms with E-state index in [9.17, 15) is 4.79 Å². The van der Waals surface area contributed by atoms with E-state index in [1.54, 1.807) is 25.3 Å². The molecule has 84 valence electrons. The average molecular weight is 219 g/mol. The topological polar surface area (TPSA) is 62.3 Å². The van der Waals surface area contributed by atoms with E-state index in [0.717, 1.165) is 16.6 Å². The molecule has 4 nitrogen and oxygen atoms in total. The second kappa shape index (κ2) is 3.89. The van der Waals surface area contributed by atoms with Crippen molar-refractivity contribution in [3.05, 3.63) is 29.5 Å². The smallest absolute Gasteiger partial charge is 0.338 e. The van der Waals surface area contributed by atoms with Crippen molar-refractivity contribution in [3.8, 4) is 5.75 Å². The van der Waals surface area contributed by atoms with Gasteiger partial charge in [0.1, 0.15) is 5.75 Å². The number of fused-ring (bicyclic) bond motifs is 1. The average Bonchev–Trinajstić information content (AvgIpc) is 2.65. The molecule has 0 saturated carbocycles. The van der Waals surface area contributed by atoms with Crippen LogP contribution in [0.15, 0.2) is 18.2 Å². The first-order valence-corrected chi connectivity index (χ1v) is 5.09. The Kier molecular flexibility index (Phi) is 2.56. The summed E-state index contributed by atoms with van der Waals surface area (Å²) in [4.78, 5) is 14.3. The molecule has 0 amide bonds. The molecule has 1 heterocycles. The molecule has 1 aromatic carbocycles. The Morgan fingerprint density at radius 3 is 2.81 bits per heavy atom. The molecule has 0 aliphatic heterocycles. The highest BCUT2D eigenvalue weighted by Crippen LogP contribution is 2.26. The van der Waals surface area contributed by atoms with Gasteiger partial charge in [0.05, 0.1) is 18.2 Å². The van der Waals surface area contributed by atoms with Gasteiger partial charge in [-0.05, 0) is 18.6 Å². The first-order chi connectivity index (χ1) is 7.67. The molecule has 0 saturated heterocycles. The van der Waals surface area contributed by atoms with E-state index in [1.165, 1.54) is 0 Å². The Morgan fingerprint density at radius 2 is 2.25 bits per heavy atom. The van der Waals surface area contributed by atoms with Crippen LogP contribution in [0.5, 0.6) is 5.75 Å². The van der Waals surface area contributed by atoms with Crippen LogP contribution in [0.25, 0.3) is 10.9 Å². The number of aromatic carboxylic acids is 1. The number of H-pyrrole nitrogens is 1. The molecule has 16 heavy (non-hydrogen) atoms. The zero-order chi connectivity index (χ0) is 11.7. The van der Waals surface area contributed by atoms with Gasteiger partial charge in [-0.25, -0.2) is 4.79 Å². The zero-order valence-electron chi connectivity index (χ0n) is 9.20. The Labute approximate surface area is 92.9 Å². The number of aryl methyl sites for hydroxylation is 1. The molecular weight excluding hydrogens is 206 g/mol. The highest BCUT2D eigenvalue weighted by molar-refractivity contribution is 6.05. The van der Waals surface area contributed by atoms with E-state index in [-0.39, 0.29) is 0 Å². The molecule has 0 spiro atoms. The summed E-state index contributed by atoms with van der Waals surface area (Å²) in [5.74, 6) is -0.179. The predicted molar refractivity (Wildman–Crippen MR) is 61.2 cm³/mol. The second-order valence-electron chi connectivity index (χ2n) is 3.55. The molecule has 4 heteroatoms.